The highest BCUT2D eigenvalue weighted by molar-refractivity contribution is 5.91. The maximum atomic E-state index is 14.2. The molecule has 2 aromatic heterocycles. The number of benzene rings is 3. The van der Waals surface area contributed by atoms with Crippen LogP contribution in [-0.4, -0.2) is 105 Å². The average Bonchev–Trinajstić information content (AvgIpc) is 3.89. The summed E-state index contributed by atoms with van der Waals surface area (Å²) in [6.45, 7) is 4.98. The zero-order valence-electron chi connectivity index (χ0n) is 36.0. The van der Waals surface area contributed by atoms with Gasteiger partial charge in [-0.05, 0) is 102 Å². The fourth-order valence-electron chi connectivity index (χ4n) is 10.4. The molecule has 15 nitrogen and oxygen atoms in total. The number of carbonyl (C=O) groups excluding carboxylic acids is 4. The second kappa shape index (κ2) is 16.5. The molecule has 3 aliphatic heterocycles. The minimum atomic E-state index is -0.678. The van der Waals surface area contributed by atoms with E-state index in [4.69, 9.17) is 24.2 Å². The van der Waals surface area contributed by atoms with E-state index < -0.39 is 24.3 Å². The summed E-state index contributed by atoms with van der Waals surface area (Å²) in [4.78, 5) is 73.1. The number of H-pyrrole nitrogens is 2. The highest BCUT2D eigenvalue weighted by atomic mass is 16.5. The van der Waals surface area contributed by atoms with Crippen molar-refractivity contribution in [2.75, 3.05) is 27.4 Å². The molecule has 0 radical (unpaired) electrons. The molecule has 4 N–H and O–H groups in total. The lowest BCUT2D eigenvalue weighted by Gasteiger charge is -2.35. The van der Waals surface area contributed by atoms with Gasteiger partial charge in [0.1, 0.15) is 23.7 Å². The van der Waals surface area contributed by atoms with Gasteiger partial charge in [-0.3, -0.25) is 9.59 Å². The Kier molecular flexibility index (Phi) is 10.7. The molecule has 0 spiro atoms. The Balaban J connectivity index is 0.820. The molecule has 3 aromatic carbocycles. The van der Waals surface area contributed by atoms with Crippen LogP contribution in [0.2, 0.25) is 0 Å². The summed E-state index contributed by atoms with van der Waals surface area (Å²) in [5.74, 6) is 2.11. The summed E-state index contributed by atoms with van der Waals surface area (Å²) in [5.41, 5.74) is 5.95. The third-order valence-electron chi connectivity index (χ3n) is 14.1. The van der Waals surface area contributed by atoms with Gasteiger partial charge < -0.3 is 44.6 Å². The van der Waals surface area contributed by atoms with Crippen molar-refractivity contribution in [3.8, 4) is 33.6 Å². The van der Waals surface area contributed by atoms with Gasteiger partial charge in [-0.25, -0.2) is 19.6 Å². The van der Waals surface area contributed by atoms with Gasteiger partial charge in [-0.15, -0.1) is 0 Å². The van der Waals surface area contributed by atoms with Crippen molar-refractivity contribution < 1.29 is 33.4 Å². The molecule has 0 unspecified atom stereocenters. The summed E-state index contributed by atoms with van der Waals surface area (Å²) in [7, 11) is 2.63. The number of aromatic nitrogens is 4. The number of aromatic amines is 2. The number of carbonyl (C=O) groups is 4. The maximum absolute atomic E-state index is 14.2. The Morgan fingerprint density at radius 2 is 1.17 bits per heavy atom. The molecule has 5 fully saturated rings. The van der Waals surface area contributed by atoms with E-state index in [0.717, 1.165) is 81.7 Å². The first-order valence-corrected chi connectivity index (χ1v) is 22.2. The maximum Gasteiger partial charge on any atom is 0.407 e. The third-order valence-corrected chi connectivity index (χ3v) is 14.1. The smallest absolute Gasteiger partial charge is 0.407 e. The monoisotopic (exact) mass is 854 g/mol. The first-order valence-electron chi connectivity index (χ1n) is 22.2. The molecule has 5 heterocycles. The van der Waals surface area contributed by atoms with Crippen LogP contribution in [0.4, 0.5) is 9.59 Å². The summed E-state index contributed by atoms with van der Waals surface area (Å²) in [5, 5.41) is 7.81. The molecule has 5 aromatic rings. The van der Waals surface area contributed by atoms with Crippen LogP contribution >= 0.6 is 0 Å². The van der Waals surface area contributed by atoms with Gasteiger partial charge in [-0.2, -0.15) is 0 Å². The molecular formula is C48H54N8O7. The number of nitrogens with zero attached hydrogens (tertiary/aromatic N) is 4. The molecule has 2 aliphatic carbocycles. The number of ether oxygens (including phenoxy) is 3. The molecule has 2 saturated carbocycles. The predicted octanol–water partition coefficient (Wildman–Crippen LogP) is 7.14. The van der Waals surface area contributed by atoms with Crippen molar-refractivity contribution in [1.82, 2.24) is 40.4 Å². The number of methoxy groups -OCH3 is 2. The summed E-state index contributed by atoms with van der Waals surface area (Å²) in [6, 6.07) is 19.9. The molecule has 4 amide bonds. The lowest BCUT2D eigenvalue weighted by Crippen LogP contribution is -2.54. The van der Waals surface area contributed by atoms with Crippen LogP contribution in [-0.2, 0) is 23.8 Å². The number of hydrogen-bond donors (Lipinski definition) is 4. The van der Waals surface area contributed by atoms with E-state index in [1.165, 1.54) is 14.2 Å². The number of imidazole rings is 2. The summed E-state index contributed by atoms with van der Waals surface area (Å²) >= 11 is 0. The first-order chi connectivity index (χ1) is 30.6. The van der Waals surface area contributed by atoms with E-state index in [1.807, 2.05) is 36.0 Å². The number of likely N-dealkylation sites (tertiary alicyclic amines) is 2. The Bertz CT molecular complexity index is 2550. The predicted molar refractivity (Wildman–Crippen MR) is 234 cm³/mol. The van der Waals surface area contributed by atoms with Gasteiger partial charge in [0.25, 0.3) is 0 Å². The van der Waals surface area contributed by atoms with Crippen LogP contribution in [0.1, 0.15) is 76.1 Å². The van der Waals surface area contributed by atoms with Gasteiger partial charge in [0, 0.05) is 30.9 Å². The SMILES string of the molecule is COC(=O)N[C@H](C(=O)N1[C@@H]2C[C@@H]2C[C@H]1c1ncc(-c2ccc(-c3ccc4cc(-c5cnc([C@@H]6C[C@H]7C[C@H]7N6C(=O)[C@@H](NC(=O)OC)C6CCOCC6)[nH]5)ccc4c3)cc2)[nH]1)C(C)C. The molecule has 3 saturated heterocycles. The third kappa shape index (κ3) is 7.80. The number of alkyl carbamates (subject to hydrolysis) is 2. The van der Waals surface area contributed by atoms with Gasteiger partial charge in [0.15, 0.2) is 0 Å². The molecule has 15 heteroatoms. The highest BCUT2D eigenvalue weighted by Crippen LogP contribution is 2.54. The number of fused-ring (bicyclic) bond motifs is 3. The van der Waals surface area contributed by atoms with Crippen molar-refractivity contribution in [3.05, 3.63) is 84.7 Å². The van der Waals surface area contributed by atoms with Crippen LogP contribution in [0.3, 0.4) is 0 Å². The van der Waals surface area contributed by atoms with Gasteiger partial charge in [0.2, 0.25) is 11.8 Å². The lowest BCUT2D eigenvalue weighted by atomic mass is 9.90. The fraction of sp³-hybridized carbons (Fsp3) is 0.458. The van der Waals surface area contributed by atoms with Crippen LogP contribution in [0.25, 0.3) is 44.4 Å². The van der Waals surface area contributed by atoms with Crippen LogP contribution in [0.5, 0.6) is 0 Å². The quantitative estimate of drug-likeness (QED) is 0.107. The second-order valence-corrected chi connectivity index (χ2v) is 18.3. The Morgan fingerprint density at radius 3 is 1.76 bits per heavy atom. The molecule has 5 aliphatic rings. The van der Waals surface area contributed by atoms with E-state index >= 15 is 0 Å². The first kappa shape index (κ1) is 40.8. The van der Waals surface area contributed by atoms with E-state index in [1.54, 1.807) is 0 Å². The molecule has 0 bridgehead atoms. The fourth-order valence-corrected chi connectivity index (χ4v) is 10.4. The number of rotatable bonds is 11. The van der Waals surface area contributed by atoms with Crippen molar-refractivity contribution in [2.24, 2.45) is 23.7 Å². The Morgan fingerprint density at radius 1 is 0.667 bits per heavy atom. The Hall–Kier alpha value is -6.22. The molecule has 328 valence electrons. The topological polar surface area (TPSA) is 184 Å². The van der Waals surface area contributed by atoms with Crippen molar-refractivity contribution in [1.29, 1.82) is 0 Å². The van der Waals surface area contributed by atoms with Crippen molar-refractivity contribution in [2.45, 2.75) is 88.6 Å². The number of nitrogens with one attached hydrogen (secondary N) is 4. The average molecular weight is 855 g/mol. The zero-order chi connectivity index (χ0) is 43.5. The van der Waals surface area contributed by atoms with Crippen LogP contribution in [0, 0.1) is 23.7 Å². The second-order valence-electron chi connectivity index (χ2n) is 18.3. The van der Waals surface area contributed by atoms with Crippen LogP contribution < -0.4 is 10.6 Å². The zero-order valence-corrected chi connectivity index (χ0v) is 36.0. The standard InChI is InChI=1S/C48H54N8O7/c1-25(2)41(53-47(59)61-3)45(57)55-37-19-33(37)21-39(55)43-49-23-35(51-43)27-7-5-26(6-8-27)29-9-10-31-18-32(12-11-30(31)17-29)36-24-50-44(52-36)40-22-34-20-38(34)56(40)46(58)42(54-48(60)62-4)28-13-15-63-16-14-28/h5-12,17-18,23-25,28,33-34,37-42H,13-16,19-22H2,1-4H3,(H,49,51)(H,50,52)(H,53,59)(H,54,60)/t33-,34-,37-,38-,39+,40+,41+,42+/m1/s1. The molecule has 8 atom stereocenters. The lowest BCUT2D eigenvalue weighted by molar-refractivity contribution is -0.138. The summed E-state index contributed by atoms with van der Waals surface area (Å²) < 4.78 is 15.3. The molecule has 63 heavy (non-hydrogen) atoms. The molecule has 10 rings (SSSR count). The van der Waals surface area contributed by atoms with Crippen molar-refractivity contribution in [3.63, 3.8) is 0 Å². The minimum Gasteiger partial charge on any atom is -0.453 e. The number of piperidine rings is 2. The van der Waals surface area contributed by atoms with Crippen LogP contribution in [0.15, 0.2) is 73.1 Å². The van der Waals surface area contributed by atoms with E-state index in [9.17, 15) is 19.2 Å². The van der Waals surface area contributed by atoms with Gasteiger partial charge >= 0.3 is 12.2 Å². The molecular weight excluding hydrogens is 801 g/mol. The largest absolute Gasteiger partial charge is 0.453 e. The van der Waals surface area contributed by atoms with Gasteiger partial charge in [-0.1, -0.05) is 62.4 Å². The normalized spacial score (nSPS) is 24.7. The minimum absolute atomic E-state index is 0.0205. The number of amides is 4. The van der Waals surface area contributed by atoms with Gasteiger partial charge in [0.05, 0.1) is 50.1 Å². The van der Waals surface area contributed by atoms with E-state index in [-0.39, 0.29) is 47.8 Å². The highest BCUT2D eigenvalue weighted by Gasteiger charge is 2.57. The summed E-state index contributed by atoms with van der Waals surface area (Å²) in [6.07, 6.45) is 7.51. The van der Waals surface area contributed by atoms with E-state index in [2.05, 4.69) is 81.3 Å². The van der Waals surface area contributed by atoms with Crippen molar-refractivity contribution >= 4 is 34.8 Å². The van der Waals surface area contributed by atoms with E-state index in [0.29, 0.717) is 37.9 Å². The Labute approximate surface area is 365 Å². The number of hydrogen-bond acceptors (Lipinski definition) is 9.